The Kier molecular flexibility index (Phi) is 3.24. The molecule has 20 heavy (non-hydrogen) atoms. The summed E-state index contributed by atoms with van der Waals surface area (Å²) in [5.41, 5.74) is 1.30. The van der Waals surface area contributed by atoms with Gasteiger partial charge < -0.3 is 10.6 Å². The summed E-state index contributed by atoms with van der Waals surface area (Å²) in [5.74, 6) is 1.61. The Labute approximate surface area is 120 Å². The Morgan fingerprint density at radius 2 is 2.00 bits per heavy atom. The van der Waals surface area contributed by atoms with E-state index in [1.807, 2.05) is 25.2 Å². The Hall–Kier alpha value is -1.84. The number of benzene rings is 1. The highest BCUT2D eigenvalue weighted by Gasteiger charge is 2.34. The largest absolute Gasteiger partial charge is 0.366 e. The molecule has 1 saturated carbocycles. The van der Waals surface area contributed by atoms with Crippen LogP contribution in [0.4, 0.5) is 11.8 Å². The van der Waals surface area contributed by atoms with Crippen molar-refractivity contribution in [2.75, 3.05) is 17.7 Å². The summed E-state index contributed by atoms with van der Waals surface area (Å²) in [6.45, 7) is 4.67. The summed E-state index contributed by atoms with van der Waals surface area (Å²) in [4.78, 5) is 9.12. The van der Waals surface area contributed by atoms with Gasteiger partial charge in [-0.05, 0) is 30.4 Å². The third-order valence-corrected chi connectivity index (χ3v) is 4.40. The molecule has 0 bridgehead atoms. The highest BCUT2D eigenvalue weighted by molar-refractivity contribution is 5.90. The lowest BCUT2D eigenvalue weighted by Gasteiger charge is -2.28. The molecule has 106 valence electrons. The van der Waals surface area contributed by atoms with Crippen LogP contribution in [-0.2, 0) is 0 Å². The van der Waals surface area contributed by atoms with Gasteiger partial charge in [-0.15, -0.1) is 0 Å². The third-order valence-electron chi connectivity index (χ3n) is 4.40. The molecule has 1 unspecified atom stereocenters. The fourth-order valence-electron chi connectivity index (χ4n) is 3.06. The number of anilines is 2. The van der Waals surface area contributed by atoms with Crippen molar-refractivity contribution in [3.63, 3.8) is 0 Å². The number of hydrogen-bond donors (Lipinski definition) is 2. The molecule has 1 heterocycles. The predicted molar refractivity (Wildman–Crippen MR) is 84.1 cm³/mol. The number of rotatable bonds is 3. The molecular formula is C16H22N4. The van der Waals surface area contributed by atoms with Gasteiger partial charge in [0.15, 0.2) is 0 Å². The zero-order chi connectivity index (χ0) is 14.2. The topological polar surface area (TPSA) is 49.8 Å². The molecule has 4 nitrogen and oxygen atoms in total. The Morgan fingerprint density at radius 1 is 1.20 bits per heavy atom. The highest BCUT2D eigenvalue weighted by atomic mass is 15.1. The van der Waals surface area contributed by atoms with Crippen LogP contribution in [0.25, 0.3) is 10.9 Å². The number of aromatic nitrogens is 2. The number of para-hydroxylation sites is 1. The lowest BCUT2D eigenvalue weighted by Crippen LogP contribution is -2.31. The highest BCUT2D eigenvalue weighted by Crippen LogP contribution is 2.39. The van der Waals surface area contributed by atoms with Crippen LogP contribution >= 0.6 is 0 Å². The molecule has 0 spiro atoms. The van der Waals surface area contributed by atoms with Crippen molar-refractivity contribution >= 4 is 22.7 Å². The van der Waals surface area contributed by atoms with E-state index < -0.39 is 0 Å². The molecule has 3 rings (SSSR count). The fraction of sp³-hybridized carbons (Fsp3) is 0.500. The Morgan fingerprint density at radius 3 is 2.70 bits per heavy atom. The summed E-state index contributed by atoms with van der Waals surface area (Å²) in [7, 11) is 1.85. The maximum atomic E-state index is 4.62. The summed E-state index contributed by atoms with van der Waals surface area (Å²) in [5, 5.41) is 7.79. The van der Waals surface area contributed by atoms with Crippen LogP contribution in [0.1, 0.15) is 33.1 Å². The minimum atomic E-state index is 0.325. The number of nitrogens with zero attached hydrogens (tertiary/aromatic N) is 2. The summed E-state index contributed by atoms with van der Waals surface area (Å²) >= 11 is 0. The van der Waals surface area contributed by atoms with Gasteiger partial charge in [0, 0.05) is 18.5 Å². The van der Waals surface area contributed by atoms with Gasteiger partial charge in [-0.25, -0.2) is 4.98 Å². The Bertz CT molecular complexity index is 621. The molecule has 1 aromatic heterocycles. The first-order valence-electron chi connectivity index (χ1n) is 7.31. The van der Waals surface area contributed by atoms with Crippen LogP contribution in [0.15, 0.2) is 24.3 Å². The first-order chi connectivity index (χ1) is 9.60. The van der Waals surface area contributed by atoms with E-state index in [1.165, 1.54) is 19.3 Å². The lowest BCUT2D eigenvalue weighted by atomic mass is 9.87. The maximum absolute atomic E-state index is 4.62. The number of fused-ring (bicyclic) bond motifs is 1. The second-order valence-corrected chi connectivity index (χ2v) is 6.24. The molecule has 1 aliphatic carbocycles. The first kappa shape index (κ1) is 13.2. The van der Waals surface area contributed by atoms with Gasteiger partial charge in [0.05, 0.1) is 5.52 Å². The van der Waals surface area contributed by atoms with Gasteiger partial charge in [-0.1, -0.05) is 32.4 Å². The van der Waals surface area contributed by atoms with Crippen molar-refractivity contribution < 1.29 is 0 Å². The minimum absolute atomic E-state index is 0.325. The van der Waals surface area contributed by atoms with Gasteiger partial charge in [0.1, 0.15) is 5.82 Å². The van der Waals surface area contributed by atoms with E-state index >= 15 is 0 Å². The zero-order valence-corrected chi connectivity index (χ0v) is 12.4. The third kappa shape index (κ3) is 2.30. The van der Waals surface area contributed by atoms with Gasteiger partial charge >= 0.3 is 0 Å². The van der Waals surface area contributed by atoms with E-state index in [9.17, 15) is 0 Å². The van der Waals surface area contributed by atoms with Crippen LogP contribution in [-0.4, -0.2) is 23.1 Å². The molecule has 2 aromatic rings. The average Bonchev–Trinajstić information content (AvgIpc) is 2.77. The second kappa shape index (κ2) is 4.93. The van der Waals surface area contributed by atoms with Gasteiger partial charge in [-0.2, -0.15) is 4.98 Å². The molecule has 0 amide bonds. The molecule has 1 aromatic carbocycles. The Balaban J connectivity index is 2.01. The molecule has 0 aliphatic heterocycles. The average molecular weight is 270 g/mol. The van der Waals surface area contributed by atoms with E-state index in [-0.39, 0.29) is 0 Å². The fourth-order valence-corrected chi connectivity index (χ4v) is 3.06. The molecule has 1 fully saturated rings. The monoisotopic (exact) mass is 270 g/mol. The van der Waals surface area contributed by atoms with Gasteiger partial charge in [0.25, 0.3) is 0 Å². The maximum Gasteiger partial charge on any atom is 0.224 e. The zero-order valence-electron chi connectivity index (χ0n) is 12.4. The summed E-state index contributed by atoms with van der Waals surface area (Å²) < 4.78 is 0. The van der Waals surface area contributed by atoms with Crippen LogP contribution in [0, 0.1) is 5.41 Å². The van der Waals surface area contributed by atoms with Gasteiger partial charge in [0.2, 0.25) is 5.95 Å². The van der Waals surface area contributed by atoms with Crippen molar-refractivity contribution in [1.82, 2.24) is 9.97 Å². The van der Waals surface area contributed by atoms with Crippen LogP contribution in [0.5, 0.6) is 0 Å². The number of nitrogens with one attached hydrogen (secondary N) is 2. The lowest BCUT2D eigenvalue weighted by molar-refractivity contribution is 0.349. The SMILES string of the molecule is CNc1nc(NC2CCCC2(C)C)c2ccccc2n1. The van der Waals surface area contributed by atoms with E-state index in [1.54, 1.807) is 0 Å². The number of hydrogen-bond acceptors (Lipinski definition) is 4. The van der Waals surface area contributed by atoms with Crippen LogP contribution in [0.3, 0.4) is 0 Å². The van der Waals surface area contributed by atoms with Crippen molar-refractivity contribution in [3.8, 4) is 0 Å². The molecular weight excluding hydrogens is 248 g/mol. The van der Waals surface area contributed by atoms with E-state index in [2.05, 4.69) is 40.5 Å². The minimum Gasteiger partial charge on any atom is -0.366 e. The van der Waals surface area contributed by atoms with Crippen molar-refractivity contribution in [2.24, 2.45) is 5.41 Å². The summed E-state index contributed by atoms with van der Waals surface area (Å²) in [6, 6.07) is 8.64. The smallest absolute Gasteiger partial charge is 0.224 e. The summed E-state index contributed by atoms with van der Waals surface area (Å²) in [6.07, 6.45) is 3.76. The van der Waals surface area contributed by atoms with Crippen LogP contribution < -0.4 is 10.6 Å². The van der Waals surface area contributed by atoms with Crippen molar-refractivity contribution in [2.45, 2.75) is 39.2 Å². The van der Waals surface area contributed by atoms with E-state index in [4.69, 9.17) is 0 Å². The van der Waals surface area contributed by atoms with Crippen molar-refractivity contribution in [3.05, 3.63) is 24.3 Å². The quantitative estimate of drug-likeness (QED) is 0.893. The molecule has 4 heteroatoms. The van der Waals surface area contributed by atoms with Gasteiger partial charge in [-0.3, -0.25) is 0 Å². The first-order valence-corrected chi connectivity index (χ1v) is 7.31. The van der Waals surface area contributed by atoms with E-state index in [0.717, 1.165) is 16.7 Å². The predicted octanol–water partition coefficient (Wildman–Crippen LogP) is 3.66. The molecule has 0 radical (unpaired) electrons. The normalized spacial score (nSPS) is 21.1. The molecule has 0 saturated heterocycles. The molecule has 1 aliphatic rings. The van der Waals surface area contributed by atoms with Crippen LogP contribution in [0.2, 0.25) is 0 Å². The molecule has 1 atom stereocenters. The molecule has 2 N–H and O–H groups in total. The van der Waals surface area contributed by atoms with Crippen molar-refractivity contribution in [1.29, 1.82) is 0 Å². The second-order valence-electron chi connectivity index (χ2n) is 6.24. The standard InChI is InChI=1S/C16H22N4/c1-16(2)10-6-9-13(16)19-14-11-7-4-5-8-12(11)18-15(17-3)20-14/h4-5,7-8,13H,6,9-10H2,1-3H3,(H2,17,18,19,20). The van der Waals surface area contributed by atoms with E-state index in [0.29, 0.717) is 17.4 Å².